The maximum atomic E-state index is 2.47. The zero-order valence-electron chi connectivity index (χ0n) is 31.9. The Labute approximate surface area is 338 Å². The Hall–Kier alpha value is -7.20. The fraction of sp³-hybridized carbons (Fsp3) is 0.0182. The van der Waals surface area contributed by atoms with Crippen LogP contribution in [0.3, 0.4) is 0 Å². The number of benzene rings is 9. The lowest BCUT2D eigenvalue weighted by atomic mass is 10.0. The largest absolute Gasteiger partial charge is 0.309 e. The van der Waals surface area contributed by atoms with Gasteiger partial charge in [0.1, 0.15) is 0 Å². The van der Waals surface area contributed by atoms with E-state index in [1.165, 1.54) is 98.0 Å². The van der Waals surface area contributed by atoms with Gasteiger partial charge in [0.2, 0.25) is 0 Å². The van der Waals surface area contributed by atoms with E-state index in [1.54, 1.807) is 0 Å². The molecule has 0 fully saturated rings. The molecule has 2 aromatic heterocycles. The quantitative estimate of drug-likeness (QED) is 0.118. The fourth-order valence-corrected chi connectivity index (χ4v) is 15.4. The lowest BCUT2D eigenvalue weighted by molar-refractivity contribution is 1.16. The first-order chi connectivity index (χ1) is 28.8. The van der Waals surface area contributed by atoms with E-state index in [2.05, 4.69) is 228 Å². The molecule has 0 bridgehead atoms. The summed E-state index contributed by atoms with van der Waals surface area (Å²) in [7, 11) is -2.77. The molecule has 0 spiro atoms. The first kappa shape index (κ1) is 33.0. The van der Waals surface area contributed by atoms with Crippen molar-refractivity contribution in [2.75, 3.05) is 0 Å². The van der Waals surface area contributed by atoms with Crippen LogP contribution in [0.15, 0.2) is 218 Å². The molecule has 0 unspecified atom stereocenters. The van der Waals surface area contributed by atoms with Crippen LogP contribution in [-0.2, 0) is 6.42 Å². The van der Waals surface area contributed by atoms with Gasteiger partial charge in [0, 0.05) is 32.9 Å². The molecule has 2 nitrogen and oxygen atoms in total. The molecule has 0 aliphatic heterocycles. The number of para-hydroxylation sites is 3. The highest BCUT2D eigenvalue weighted by Crippen LogP contribution is 2.45. The molecule has 0 saturated carbocycles. The summed E-state index contributed by atoms with van der Waals surface area (Å²) >= 11 is 0. The number of nitrogens with zero attached hydrogens (tertiary/aromatic N) is 2. The van der Waals surface area contributed by atoms with Gasteiger partial charge in [0.05, 0.1) is 22.1 Å². The lowest BCUT2D eigenvalue weighted by Crippen LogP contribution is -2.75. The normalized spacial score (nSPS) is 12.4. The van der Waals surface area contributed by atoms with Crippen LogP contribution in [0.5, 0.6) is 0 Å². The Morgan fingerprint density at radius 2 is 0.810 bits per heavy atom. The Kier molecular flexibility index (Phi) is 7.35. The molecular formula is C55H38N2Si. The summed E-state index contributed by atoms with van der Waals surface area (Å²) in [5.74, 6) is 0. The molecule has 1 aliphatic carbocycles. The second kappa shape index (κ2) is 12.9. The highest BCUT2D eigenvalue weighted by molar-refractivity contribution is 7.20. The van der Waals surface area contributed by atoms with E-state index in [-0.39, 0.29) is 0 Å². The molecule has 58 heavy (non-hydrogen) atoms. The predicted octanol–water partition coefficient (Wildman–Crippen LogP) is 10.8. The first-order valence-corrected chi connectivity index (χ1v) is 22.2. The minimum atomic E-state index is -2.77. The highest BCUT2D eigenvalue weighted by Gasteiger charge is 2.44. The third-order valence-electron chi connectivity index (χ3n) is 12.7. The van der Waals surface area contributed by atoms with Crippen molar-refractivity contribution >= 4 is 72.4 Å². The average molecular weight is 755 g/mol. The van der Waals surface area contributed by atoms with Crippen molar-refractivity contribution in [1.82, 2.24) is 9.13 Å². The molecule has 0 N–H and O–H groups in total. The molecule has 0 radical (unpaired) electrons. The molecule has 12 rings (SSSR count). The Bertz CT molecular complexity index is 3190. The van der Waals surface area contributed by atoms with Crippen molar-refractivity contribution in [3.8, 4) is 22.5 Å². The van der Waals surface area contributed by atoms with Crippen LogP contribution in [-0.4, -0.2) is 17.2 Å². The van der Waals surface area contributed by atoms with Gasteiger partial charge in [-0.1, -0.05) is 170 Å². The number of aromatic nitrogens is 2. The monoisotopic (exact) mass is 754 g/mol. The summed E-state index contributed by atoms with van der Waals surface area (Å²) in [5, 5.41) is 10.8. The van der Waals surface area contributed by atoms with Crippen LogP contribution < -0.4 is 20.7 Å². The van der Waals surface area contributed by atoms with E-state index in [0.29, 0.717) is 0 Å². The zero-order chi connectivity index (χ0) is 38.2. The van der Waals surface area contributed by atoms with Gasteiger partial charge >= 0.3 is 0 Å². The van der Waals surface area contributed by atoms with Crippen molar-refractivity contribution in [1.29, 1.82) is 0 Å². The van der Waals surface area contributed by atoms with Crippen molar-refractivity contribution in [3.63, 3.8) is 0 Å². The lowest BCUT2D eigenvalue weighted by Gasteiger charge is -2.36. The van der Waals surface area contributed by atoms with Crippen LogP contribution in [0.2, 0.25) is 0 Å². The van der Waals surface area contributed by atoms with Gasteiger partial charge in [0.15, 0.2) is 8.07 Å². The standard InChI is InChI=1S/C55H38N2Si/c1-5-18-38(19-6-1)56-52-34-32-39(57-50-29-15-13-26-45(50)46-27-14-16-30-51(46)57)36-49(52)55-48-37-47-43(44(48)33-35-53(55)56)28-17-31-54(47)58(40-20-7-2-8-21-40,41-22-9-3-10-23-41)42-24-11-4-12-25-42/h1-36H,37H2. The van der Waals surface area contributed by atoms with E-state index in [0.717, 1.165) is 6.42 Å². The molecule has 3 heteroatoms. The Morgan fingerprint density at radius 1 is 0.328 bits per heavy atom. The van der Waals surface area contributed by atoms with Gasteiger partial charge in [-0.05, 0) is 98.0 Å². The van der Waals surface area contributed by atoms with E-state index in [4.69, 9.17) is 0 Å². The molecule has 9 aromatic carbocycles. The number of hydrogen-bond donors (Lipinski definition) is 0. The molecular weight excluding hydrogens is 717 g/mol. The minimum absolute atomic E-state index is 0.868. The van der Waals surface area contributed by atoms with Gasteiger partial charge in [0.25, 0.3) is 0 Å². The SMILES string of the molecule is c1ccc(-n2c3ccc(-n4c5ccccc5c5ccccc54)cc3c3c4c(ccc32)-c2cccc([Si](c3ccccc3)(c3ccccc3)c3ccccc3)c2C4)cc1. The number of rotatable bonds is 6. The maximum absolute atomic E-state index is 2.77. The van der Waals surface area contributed by atoms with Crippen LogP contribution >= 0.6 is 0 Å². The molecule has 272 valence electrons. The summed E-state index contributed by atoms with van der Waals surface area (Å²) in [6, 6.07) is 81.5. The predicted molar refractivity (Wildman–Crippen MR) is 247 cm³/mol. The second-order valence-electron chi connectivity index (χ2n) is 15.6. The highest BCUT2D eigenvalue weighted by atomic mass is 28.3. The second-order valence-corrected chi connectivity index (χ2v) is 19.4. The first-order valence-electron chi connectivity index (χ1n) is 20.2. The Morgan fingerprint density at radius 3 is 1.41 bits per heavy atom. The van der Waals surface area contributed by atoms with Gasteiger partial charge in [-0.25, -0.2) is 0 Å². The van der Waals surface area contributed by atoms with Crippen LogP contribution in [0.25, 0.3) is 66.1 Å². The van der Waals surface area contributed by atoms with Gasteiger partial charge < -0.3 is 9.13 Å². The zero-order valence-corrected chi connectivity index (χ0v) is 32.9. The summed E-state index contributed by atoms with van der Waals surface area (Å²) < 4.78 is 4.92. The van der Waals surface area contributed by atoms with Crippen LogP contribution in [0.4, 0.5) is 0 Å². The molecule has 11 aromatic rings. The topological polar surface area (TPSA) is 9.86 Å². The van der Waals surface area contributed by atoms with Crippen molar-refractivity contribution in [3.05, 3.63) is 230 Å². The third-order valence-corrected chi connectivity index (χ3v) is 17.6. The number of fused-ring (bicyclic) bond motifs is 10. The summed E-state index contributed by atoms with van der Waals surface area (Å²) in [6.07, 6.45) is 0.868. The Balaban J connectivity index is 1.15. The van der Waals surface area contributed by atoms with E-state index in [9.17, 15) is 0 Å². The molecule has 2 heterocycles. The van der Waals surface area contributed by atoms with Crippen LogP contribution in [0.1, 0.15) is 11.1 Å². The van der Waals surface area contributed by atoms with Gasteiger partial charge in [-0.15, -0.1) is 0 Å². The summed E-state index contributed by atoms with van der Waals surface area (Å²) in [6.45, 7) is 0. The molecule has 1 aliphatic rings. The third kappa shape index (κ3) is 4.65. The molecule has 0 saturated heterocycles. The average Bonchev–Trinajstić information content (AvgIpc) is 3.96. The fourth-order valence-electron chi connectivity index (χ4n) is 10.4. The summed E-state index contributed by atoms with van der Waals surface area (Å²) in [5.41, 5.74) is 12.8. The van der Waals surface area contributed by atoms with E-state index < -0.39 is 8.07 Å². The maximum Gasteiger partial charge on any atom is 0.179 e. The summed E-state index contributed by atoms with van der Waals surface area (Å²) in [4.78, 5) is 0. The van der Waals surface area contributed by atoms with E-state index >= 15 is 0 Å². The minimum Gasteiger partial charge on any atom is -0.309 e. The van der Waals surface area contributed by atoms with Crippen LogP contribution in [0, 0.1) is 0 Å². The van der Waals surface area contributed by atoms with Crippen molar-refractivity contribution in [2.24, 2.45) is 0 Å². The van der Waals surface area contributed by atoms with Crippen molar-refractivity contribution in [2.45, 2.75) is 6.42 Å². The molecule has 0 atom stereocenters. The smallest absolute Gasteiger partial charge is 0.179 e. The van der Waals surface area contributed by atoms with Gasteiger partial charge in [-0.2, -0.15) is 0 Å². The van der Waals surface area contributed by atoms with Crippen molar-refractivity contribution < 1.29 is 0 Å². The number of hydrogen-bond acceptors (Lipinski definition) is 0. The van der Waals surface area contributed by atoms with E-state index in [1.807, 2.05) is 0 Å². The van der Waals surface area contributed by atoms with Gasteiger partial charge in [-0.3, -0.25) is 0 Å². The molecule has 0 amide bonds.